The molecule has 2 aromatic rings. The zero-order valence-corrected chi connectivity index (χ0v) is 10.4. The Morgan fingerprint density at radius 2 is 1.89 bits per heavy atom. The number of nitrogens with two attached hydrogens (primary N) is 1. The van der Waals surface area contributed by atoms with Gasteiger partial charge in [0.15, 0.2) is 0 Å². The predicted molar refractivity (Wildman–Crippen MR) is 71.9 cm³/mol. The molecule has 0 amide bonds. The molecule has 4 nitrogen and oxygen atoms in total. The van der Waals surface area contributed by atoms with Gasteiger partial charge in [0.05, 0.1) is 5.69 Å². The minimum atomic E-state index is 0.135. The summed E-state index contributed by atoms with van der Waals surface area (Å²) in [7, 11) is 0. The lowest BCUT2D eigenvalue weighted by molar-refractivity contribution is 0.711. The molecule has 0 aliphatic heterocycles. The molecule has 0 bridgehead atoms. The van der Waals surface area contributed by atoms with E-state index in [1.807, 2.05) is 36.4 Å². The van der Waals surface area contributed by atoms with E-state index in [1.165, 1.54) is 0 Å². The Bertz CT molecular complexity index is 561. The van der Waals surface area contributed by atoms with Gasteiger partial charge in [-0.1, -0.05) is 37.3 Å². The topological polar surface area (TPSA) is 63.8 Å². The zero-order chi connectivity index (χ0) is 12.6. The second kappa shape index (κ2) is 4.07. The minimum Gasteiger partial charge on any atom is -0.308 e. The summed E-state index contributed by atoms with van der Waals surface area (Å²) in [6, 6.07) is 12.0. The van der Waals surface area contributed by atoms with Crippen LogP contribution in [0.25, 0.3) is 11.3 Å². The predicted octanol–water partition coefficient (Wildman–Crippen LogP) is 2.48. The van der Waals surface area contributed by atoms with Crippen LogP contribution in [-0.2, 0) is 5.41 Å². The van der Waals surface area contributed by atoms with E-state index in [0.29, 0.717) is 5.82 Å². The zero-order valence-electron chi connectivity index (χ0n) is 10.4. The smallest absolute Gasteiger partial charge is 0.144 e. The number of nitrogens with one attached hydrogen (secondary N) is 1. The molecule has 1 aliphatic carbocycles. The molecule has 0 radical (unpaired) electrons. The molecule has 3 N–H and O–H groups in total. The summed E-state index contributed by atoms with van der Waals surface area (Å²) in [5.41, 5.74) is 4.76. The fourth-order valence-corrected chi connectivity index (χ4v) is 1.96. The number of aromatic nitrogens is 2. The highest BCUT2D eigenvalue weighted by molar-refractivity contribution is 5.62. The Hall–Kier alpha value is -1.94. The van der Waals surface area contributed by atoms with Gasteiger partial charge in [-0.05, 0) is 12.8 Å². The highest BCUT2D eigenvalue weighted by Crippen LogP contribution is 2.46. The van der Waals surface area contributed by atoms with Crippen molar-refractivity contribution in [2.75, 3.05) is 5.43 Å². The van der Waals surface area contributed by atoms with Crippen molar-refractivity contribution < 1.29 is 0 Å². The molecule has 0 saturated heterocycles. The standard InChI is InChI=1S/C14H16N4/c1-14(7-8-14)13-16-11(9-12(17-13)18-15)10-5-3-2-4-6-10/h2-6,9H,7-8,15H2,1H3,(H,16,17,18). The van der Waals surface area contributed by atoms with Gasteiger partial charge in [-0.3, -0.25) is 0 Å². The number of hydrogen-bond donors (Lipinski definition) is 2. The van der Waals surface area contributed by atoms with Crippen LogP contribution in [0, 0.1) is 0 Å². The molecule has 1 fully saturated rings. The monoisotopic (exact) mass is 240 g/mol. The Morgan fingerprint density at radius 1 is 1.17 bits per heavy atom. The highest BCUT2D eigenvalue weighted by Gasteiger charge is 2.42. The molecule has 0 atom stereocenters. The molecule has 1 heterocycles. The number of hydrogen-bond acceptors (Lipinski definition) is 4. The average Bonchev–Trinajstić information content (AvgIpc) is 3.18. The second-order valence-electron chi connectivity index (χ2n) is 5.03. The van der Waals surface area contributed by atoms with Crippen LogP contribution in [0.1, 0.15) is 25.6 Å². The van der Waals surface area contributed by atoms with Gasteiger partial charge in [0.1, 0.15) is 11.6 Å². The van der Waals surface area contributed by atoms with Gasteiger partial charge in [0, 0.05) is 17.0 Å². The molecule has 92 valence electrons. The summed E-state index contributed by atoms with van der Waals surface area (Å²) in [5.74, 6) is 7.05. The summed E-state index contributed by atoms with van der Waals surface area (Å²) in [6.07, 6.45) is 2.30. The van der Waals surface area contributed by atoms with Crippen molar-refractivity contribution in [2.24, 2.45) is 5.84 Å². The van der Waals surface area contributed by atoms with Gasteiger partial charge < -0.3 is 5.43 Å². The molecule has 18 heavy (non-hydrogen) atoms. The van der Waals surface area contributed by atoms with Gasteiger partial charge in [-0.2, -0.15) is 0 Å². The number of rotatable bonds is 3. The summed E-state index contributed by atoms with van der Waals surface area (Å²) in [4.78, 5) is 9.14. The van der Waals surface area contributed by atoms with E-state index in [1.54, 1.807) is 0 Å². The first-order chi connectivity index (χ1) is 8.71. The summed E-state index contributed by atoms with van der Waals surface area (Å²) < 4.78 is 0. The van der Waals surface area contributed by atoms with Crippen LogP contribution in [0.2, 0.25) is 0 Å². The van der Waals surface area contributed by atoms with E-state index in [-0.39, 0.29) is 5.41 Å². The van der Waals surface area contributed by atoms with Gasteiger partial charge in [0.2, 0.25) is 0 Å². The quantitative estimate of drug-likeness (QED) is 0.639. The minimum absolute atomic E-state index is 0.135. The maximum Gasteiger partial charge on any atom is 0.144 e. The van der Waals surface area contributed by atoms with Crippen molar-refractivity contribution in [3.63, 3.8) is 0 Å². The van der Waals surface area contributed by atoms with Crippen LogP contribution in [0.15, 0.2) is 36.4 Å². The fraction of sp³-hybridized carbons (Fsp3) is 0.286. The van der Waals surface area contributed by atoms with Crippen molar-refractivity contribution in [1.82, 2.24) is 9.97 Å². The van der Waals surface area contributed by atoms with E-state index in [2.05, 4.69) is 22.3 Å². The summed E-state index contributed by atoms with van der Waals surface area (Å²) in [6.45, 7) is 2.19. The number of nitrogens with zero attached hydrogens (tertiary/aromatic N) is 2. The van der Waals surface area contributed by atoms with Crippen LogP contribution in [-0.4, -0.2) is 9.97 Å². The second-order valence-corrected chi connectivity index (χ2v) is 5.03. The first kappa shape index (κ1) is 11.2. The molecule has 0 spiro atoms. The van der Waals surface area contributed by atoms with E-state index < -0.39 is 0 Å². The third-order valence-electron chi connectivity index (χ3n) is 3.48. The molecule has 1 aromatic heterocycles. The maximum atomic E-state index is 5.49. The lowest BCUT2D eigenvalue weighted by Gasteiger charge is -2.11. The van der Waals surface area contributed by atoms with Crippen LogP contribution < -0.4 is 11.3 Å². The van der Waals surface area contributed by atoms with Crippen molar-refractivity contribution in [2.45, 2.75) is 25.2 Å². The highest BCUT2D eigenvalue weighted by atomic mass is 15.3. The van der Waals surface area contributed by atoms with E-state index in [9.17, 15) is 0 Å². The molecule has 1 saturated carbocycles. The van der Waals surface area contributed by atoms with Gasteiger partial charge in [-0.25, -0.2) is 15.8 Å². The third-order valence-corrected chi connectivity index (χ3v) is 3.48. The molecular formula is C14H16N4. The maximum absolute atomic E-state index is 5.49. The van der Waals surface area contributed by atoms with Gasteiger partial charge in [-0.15, -0.1) is 0 Å². The van der Waals surface area contributed by atoms with Crippen molar-refractivity contribution in [3.8, 4) is 11.3 Å². The Balaban J connectivity index is 2.09. The van der Waals surface area contributed by atoms with Crippen molar-refractivity contribution >= 4 is 5.82 Å². The number of benzene rings is 1. The van der Waals surface area contributed by atoms with E-state index in [0.717, 1.165) is 29.9 Å². The number of hydrazine groups is 1. The molecule has 1 aromatic carbocycles. The van der Waals surface area contributed by atoms with Gasteiger partial charge >= 0.3 is 0 Å². The van der Waals surface area contributed by atoms with Crippen LogP contribution in [0.3, 0.4) is 0 Å². The van der Waals surface area contributed by atoms with Crippen molar-refractivity contribution in [1.29, 1.82) is 0 Å². The molecule has 0 unspecified atom stereocenters. The van der Waals surface area contributed by atoms with Crippen LogP contribution >= 0.6 is 0 Å². The Morgan fingerprint density at radius 3 is 2.50 bits per heavy atom. The van der Waals surface area contributed by atoms with Crippen LogP contribution in [0.4, 0.5) is 5.82 Å². The number of anilines is 1. The molecule has 1 aliphatic rings. The number of nitrogen functional groups attached to an aromatic ring is 1. The lowest BCUT2D eigenvalue weighted by Crippen LogP contribution is -2.14. The summed E-state index contributed by atoms with van der Waals surface area (Å²) >= 11 is 0. The van der Waals surface area contributed by atoms with Crippen molar-refractivity contribution in [3.05, 3.63) is 42.2 Å². The fourth-order valence-electron chi connectivity index (χ4n) is 1.96. The largest absolute Gasteiger partial charge is 0.308 e. The molecular weight excluding hydrogens is 224 g/mol. The Kier molecular flexibility index (Phi) is 2.52. The Labute approximate surface area is 106 Å². The molecule has 4 heteroatoms. The first-order valence-electron chi connectivity index (χ1n) is 6.13. The summed E-state index contributed by atoms with van der Waals surface area (Å²) in [5, 5.41) is 0. The van der Waals surface area contributed by atoms with E-state index >= 15 is 0 Å². The van der Waals surface area contributed by atoms with Gasteiger partial charge in [0.25, 0.3) is 0 Å². The van der Waals surface area contributed by atoms with E-state index in [4.69, 9.17) is 5.84 Å². The molecule has 3 rings (SSSR count). The SMILES string of the molecule is CC1(c2nc(NN)cc(-c3ccccc3)n2)CC1. The average molecular weight is 240 g/mol. The third kappa shape index (κ3) is 1.95. The first-order valence-corrected chi connectivity index (χ1v) is 6.13. The normalized spacial score (nSPS) is 16.3. The van der Waals surface area contributed by atoms with Crippen LogP contribution in [0.5, 0.6) is 0 Å². The lowest BCUT2D eigenvalue weighted by atomic mass is 10.1.